The molecule has 1 aromatic carbocycles. The molecule has 1 aliphatic heterocycles. The number of halogens is 2. The third-order valence-electron chi connectivity index (χ3n) is 4.93. The van der Waals surface area contributed by atoms with Crippen molar-refractivity contribution in [2.24, 2.45) is 0 Å². The maximum atomic E-state index is 14.1. The van der Waals surface area contributed by atoms with Crippen LogP contribution >= 0.6 is 0 Å². The summed E-state index contributed by atoms with van der Waals surface area (Å²) in [6.07, 6.45) is 4.52. The van der Waals surface area contributed by atoms with Gasteiger partial charge < -0.3 is 9.64 Å². The molecule has 3 heterocycles. The van der Waals surface area contributed by atoms with E-state index in [1.807, 2.05) is 24.0 Å². The molecule has 0 bridgehead atoms. The first kappa shape index (κ1) is 18.1. The number of nitriles is 1. The standard InChI is InChI=1S/C21H18F2N4O/c1-13-2-3-17(12-25-13)28-16-4-6-27(7-5-16)21-14(10-24)11-26-20-18(21)8-15(22)9-19(20)23/h2-3,8-9,11-12,16H,4-7H2,1H3. The van der Waals surface area contributed by atoms with Gasteiger partial charge in [0.1, 0.15) is 29.3 Å². The summed E-state index contributed by atoms with van der Waals surface area (Å²) in [5, 5.41) is 9.80. The number of ether oxygens (including phenoxy) is 1. The van der Waals surface area contributed by atoms with Crippen LogP contribution in [0.3, 0.4) is 0 Å². The minimum Gasteiger partial charge on any atom is -0.489 e. The number of aromatic nitrogens is 2. The van der Waals surface area contributed by atoms with Gasteiger partial charge in [-0.05, 0) is 25.1 Å². The highest BCUT2D eigenvalue weighted by Crippen LogP contribution is 2.33. The molecule has 0 spiro atoms. The zero-order chi connectivity index (χ0) is 19.7. The van der Waals surface area contributed by atoms with Crippen molar-refractivity contribution in [1.82, 2.24) is 9.97 Å². The molecule has 0 aliphatic carbocycles. The largest absolute Gasteiger partial charge is 0.489 e. The van der Waals surface area contributed by atoms with Crippen LogP contribution < -0.4 is 9.64 Å². The molecule has 0 atom stereocenters. The number of rotatable bonds is 3. The molecule has 0 N–H and O–H groups in total. The molecule has 1 aliphatic rings. The number of benzene rings is 1. The average molecular weight is 380 g/mol. The van der Waals surface area contributed by atoms with Crippen LogP contribution in [-0.4, -0.2) is 29.2 Å². The van der Waals surface area contributed by atoms with Crippen molar-refractivity contribution in [2.45, 2.75) is 25.9 Å². The number of hydrogen-bond donors (Lipinski definition) is 0. The van der Waals surface area contributed by atoms with Crippen LogP contribution in [0, 0.1) is 29.9 Å². The van der Waals surface area contributed by atoms with Crippen LogP contribution in [0.1, 0.15) is 24.1 Å². The lowest BCUT2D eigenvalue weighted by molar-refractivity contribution is 0.170. The van der Waals surface area contributed by atoms with Crippen molar-refractivity contribution >= 4 is 16.6 Å². The maximum absolute atomic E-state index is 14.1. The number of fused-ring (bicyclic) bond motifs is 1. The quantitative estimate of drug-likeness (QED) is 0.684. The van der Waals surface area contributed by atoms with Gasteiger partial charge in [-0.1, -0.05) is 0 Å². The van der Waals surface area contributed by atoms with Crippen molar-refractivity contribution in [3.63, 3.8) is 0 Å². The van der Waals surface area contributed by atoms with Crippen LogP contribution in [0.5, 0.6) is 5.75 Å². The molecule has 28 heavy (non-hydrogen) atoms. The molecule has 142 valence electrons. The van der Waals surface area contributed by atoms with E-state index in [0.29, 0.717) is 29.7 Å². The van der Waals surface area contributed by atoms with E-state index in [9.17, 15) is 14.0 Å². The summed E-state index contributed by atoms with van der Waals surface area (Å²) in [5.74, 6) is -0.695. The van der Waals surface area contributed by atoms with Crippen LogP contribution in [-0.2, 0) is 0 Å². The van der Waals surface area contributed by atoms with Gasteiger partial charge in [0, 0.05) is 49.3 Å². The molecule has 4 rings (SSSR count). The van der Waals surface area contributed by atoms with Gasteiger partial charge >= 0.3 is 0 Å². The predicted octanol–water partition coefficient (Wildman–Crippen LogP) is 4.14. The Labute approximate surface area is 161 Å². The fraction of sp³-hybridized carbons (Fsp3) is 0.286. The number of hydrogen-bond acceptors (Lipinski definition) is 5. The van der Waals surface area contributed by atoms with Crippen LogP contribution in [0.4, 0.5) is 14.5 Å². The molecule has 0 amide bonds. The maximum Gasteiger partial charge on any atom is 0.152 e. The molecule has 3 aromatic rings. The molecule has 0 saturated carbocycles. The third-order valence-corrected chi connectivity index (χ3v) is 4.93. The van der Waals surface area contributed by atoms with Gasteiger partial charge in [-0.25, -0.2) is 8.78 Å². The van der Waals surface area contributed by atoms with Gasteiger partial charge in [0.05, 0.1) is 17.4 Å². The van der Waals surface area contributed by atoms with Crippen molar-refractivity contribution in [2.75, 3.05) is 18.0 Å². The number of pyridine rings is 2. The second kappa shape index (κ2) is 7.39. The van der Waals surface area contributed by atoms with E-state index in [2.05, 4.69) is 16.0 Å². The molecule has 1 saturated heterocycles. The summed E-state index contributed by atoms with van der Waals surface area (Å²) in [4.78, 5) is 10.2. The average Bonchev–Trinajstić information content (AvgIpc) is 2.69. The lowest BCUT2D eigenvalue weighted by Gasteiger charge is -2.34. The Bertz CT molecular complexity index is 1050. The van der Waals surface area contributed by atoms with E-state index in [0.717, 1.165) is 30.4 Å². The topological polar surface area (TPSA) is 62.0 Å². The lowest BCUT2D eigenvalue weighted by atomic mass is 10.0. The lowest BCUT2D eigenvalue weighted by Crippen LogP contribution is -2.38. The highest BCUT2D eigenvalue weighted by atomic mass is 19.1. The molecule has 7 heteroatoms. The van der Waals surface area contributed by atoms with Crippen LogP contribution in [0.15, 0.2) is 36.7 Å². The minimum absolute atomic E-state index is 0.0212. The molecule has 2 aromatic heterocycles. The van der Waals surface area contributed by atoms with E-state index >= 15 is 0 Å². The molecule has 1 fully saturated rings. The van der Waals surface area contributed by atoms with E-state index in [1.165, 1.54) is 12.3 Å². The van der Waals surface area contributed by atoms with E-state index in [-0.39, 0.29) is 11.6 Å². The monoisotopic (exact) mass is 380 g/mol. The first-order valence-corrected chi connectivity index (χ1v) is 9.07. The van der Waals surface area contributed by atoms with Crippen molar-refractivity contribution in [3.05, 3.63) is 59.6 Å². The fourth-order valence-electron chi connectivity index (χ4n) is 3.55. The summed E-state index contributed by atoms with van der Waals surface area (Å²) in [6.45, 7) is 3.13. The van der Waals surface area contributed by atoms with Gasteiger partial charge in [-0.2, -0.15) is 5.26 Å². The first-order valence-electron chi connectivity index (χ1n) is 9.07. The Kier molecular flexibility index (Phi) is 4.78. The number of anilines is 1. The highest BCUT2D eigenvalue weighted by Gasteiger charge is 2.25. The van der Waals surface area contributed by atoms with Gasteiger partial charge in [0.2, 0.25) is 0 Å². The van der Waals surface area contributed by atoms with E-state index < -0.39 is 11.6 Å². The fourth-order valence-corrected chi connectivity index (χ4v) is 3.55. The summed E-state index contributed by atoms with van der Waals surface area (Å²) < 4.78 is 33.9. The van der Waals surface area contributed by atoms with E-state index in [4.69, 9.17) is 4.74 Å². The predicted molar refractivity (Wildman–Crippen MR) is 101 cm³/mol. The van der Waals surface area contributed by atoms with Crippen molar-refractivity contribution in [3.8, 4) is 11.8 Å². The smallest absolute Gasteiger partial charge is 0.152 e. The summed E-state index contributed by atoms with van der Waals surface area (Å²) in [7, 11) is 0. The van der Waals surface area contributed by atoms with E-state index in [1.54, 1.807) is 6.20 Å². The number of aryl methyl sites for hydroxylation is 1. The Balaban J connectivity index is 1.58. The number of piperidine rings is 1. The molecule has 5 nitrogen and oxygen atoms in total. The first-order chi connectivity index (χ1) is 13.5. The zero-order valence-electron chi connectivity index (χ0n) is 15.3. The van der Waals surface area contributed by atoms with Crippen LogP contribution in [0.2, 0.25) is 0 Å². The third kappa shape index (κ3) is 3.46. The van der Waals surface area contributed by atoms with Crippen LogP contribution in [0.25, 0.3) is 10.9 Å². The van der Waals surface area contributed by atoms with Crippen molar-refractivity contribution in [1.29, 1.82) is 5.26 Å². The van der Waals surface area contributed by atoms with Gasteiger partial charge in [0.25, 0.3) is 0 Å². The second-order valence-electron chi connectivity index (χ2n) is 6.86. The summed E-state index contributed by atoms with van der Waals surface area (Å²) in [5.41, 5.74) is 1.83. The molecular weight excluding hydrogens is 362 g/mol. The Morgan fingerprint density at radius 3 is 2.61 bits per heavy atom. The Hall–Kier alpha value is -3.27. The molecule has 0 unspecified atom stereocenters. The van der Waals surface area contributed by atoms with Gasteiger partial charge in [0.15, 0.2) is 5.82 Å². The summed E-state index contributed by atoms with van der Waals surface area (Å²) >= 11 is 0. The second-order valence-corrected chi connectivity index (χ2v) is 6.86. The summed E-state index contributed by atoms with van der Waals surface area (Å²) in [6, 6.07) is 7.93. The molecule has 0 radical (unpaired) electrons. The minimum atomic E-state index is -0.731. The van der Waals surface area contributed by atoms with Gasteiger partial charge in [-0.3, -0.25) is 9.97 Å². The zero-order valence-corrected chi connectivity index (χ0v) is 15.3. The molecular formula is C21H18F2N4O. The SMILES string of the molecule is Cc1ccc(OC2CCN(c3c(C#N)cnc4c(F)cc(F)cc34)CC2)cn1. The van der Waals surface area contributed by atoms with Crippen molar-refractivity contribution < 1.29 is 13.5 Å². The number of nitrogens with zero attached hydrogens (tertiary/aromatic N) is 4. The van der Waals surface area contributed by atoms with Gasteiger partial charge in [-0.15, -0.1) is 0 Å². The highest BCUT2D eigenvalue weighted by molar-refractivity contribution is 5.94. The Morgan fingerprint density at radius 1 is 1.14 bits per heavy atom. The normalized spacial score (nSPS) is 14.9. The Morgan fingerprint density at radius 2 is 1.93 bits per heavy atom.